The first-order valence-electron chi connectivity index (χ1n) is 6.19. The van der Waals surface area contributed by atoms with Crippen molar-refractivity contribution in [1.29, 1.82) is 5.26 Å². The predicted octanol–water partition coefficient (Wildman–Crippen LogP) is 2.54. The lowest BCUT2D eigenvalue weighted by molar-refractivity contribution is -0.143. The molecule has 2 rings (SSSR count). The Morgan fingerprint density at radius 3 is 2.55 bits per heavy atom. The molecule has 1 unspecified atom stereocenters. The van der Waals surface area contributed by atoms with Gasteiger partial charge in [-0.05, 0) is 42.7 Å². The van der Waals surface area contributed by atoms with Gasteiger partial charge >= 0.3 is 5.97 Å². The highest BCUT2D eigenvalue weighted by Gasteiger charge is 2.35. The summed E-state index contributed by atoms with van der Waals surface area (Å²) in [6, 6.07) is 12.3. The highest BCUT2D eigenvalue weighted by Crippen LogP contribution is 2.28. The van der Waals surface area contributed by atoms with E-state index in [1.165, 1.54) is 0 Å². The first-order valence-corrected chi connectivity index (χ1v) is 6.19. The van der Waals surface area contributed by atoms with Crippen LogP contribution < -0.4 is 0 Å². The molecule has 2 aromatic rings. The van der Waals surface area contributed by atoms with E-state index in [4.69, 9.17) is 5.26 Å². The maximum absolute atomic E-state index is 11.7. The molecule has 20 heavy (non-hydrogen) atoms. The Kier molecular flexibility index (Phi) is 3.81. The van der Waals surface area contributed by atoms with E-state index >= 15 is 0 Å². The van der Waals surface area contributed by atoms with Crippen molar-refractivity contribution < 1.29 is 9.90 Å². The number of hydrogen-bond acceptors (Lipinski definition) is 3. The highest BCUT2D eigenvalue weighted by atomic mass is 16.4. The molecule has 0 saturated heterocycles. The molecule has 4 heteroatoms. The second kappa shape index (κ2) is 5.54. The number of carboxylic acids is 1. The van der Waals surface area contributed by atoms with Gasteiger partial charge in [0.25, 0.3) is 0 Å². The standard InChI is InChI=1S/C16H14N2O2/c1-16(15(19)20,9-13-3-2-8-18-11-13)14-6-4-12(10-17)5-7-14/h2-8,11H,9H2,1H3,(H,19,20). The monoisotopic (exact) mass is 266 g/mol. The number of pyridine rings is 1. The largest absolute Gasteiger partial charge is 0.481 e. The highest BCUT2D eigenvalue weighted by molar-refractivity contribution is 5.81. The van der Waals surface area contributed by atoms with E-state index in [0.29, 0.717) is 17.5 Å². The molecular formula is C16H14N2O2. The third-order valence-electron chi connectivity index (χ3n) is 3.40. The smallest absolute Gasteiger partial charge is 0.314 e. The van der Waals surface area contributed by atoms with Gasteiger partial charge < -0.3 is 5.11 Å². The third-order valence-corrected chi connectivity index (χ3v) is 3.40. The molecule has 1 atom stereocenters. The van der Waals surface area contributed by atoms with Gasteiger partial charge in [-0.2, -0.15) is 5.26 Å². The minimum absolute atomic E-state index is 0.349. The van der Waals surface area contributed by atoms with E-state index < -0.39 is 11.4 Å². The molecular weight excluding hydrogens is 252 g/mol. The second-order valence-corrected chi connectivity index (χ2v) is 4.86. The van der Waals surface area contributed by atoms with Gasteiger partial charge in [-0.25, -0.2) is 0 Å². The molecule has 4 nitrogen and oxygen atoms in total. The number of carboxylic acid groups (broad SMARTS) is 1. The van der Waals surface area contributed by atoms with Crippen LogP contribution >= 0.6 is 0 Å². The Morgan fingerprint density at radius 2 is 2.05 bits per heavy atom. The maximum Gasteiger partial charge on any atom is 0.314 e. The molecule has 1 aromatic heterocycles. The first kappa shape index (κ1) is 13.8. The van der Waals surface area contributed by atoms with Crippen LogP contribution in [0, 0.1) is 11.3 Å². The molecule has 0 amide bonds. The Morgan fingerprint density at radius 1 is 1.35 bits per heavy atom. The summed E-state index contributed by atoms with van der Waals surface area (Å²) in [7, 11) is 0. The minimum Gasteiger partial charge on any atom is -0.481 e. The summed E-state index contributed by atoms with van der Waals surface area (Å²) in [4.78, 5) is 15.7. The van der Waals surface area contributed by atoms with E-state index in [9.17, 15) is 9.90 Å². The van der Waals surface area contributed by atoms with E-state index in [0.717, 1.165) is 5.56 Å². The molecule has 1 N–H and O–H groups in total. The number of aromatic nitrogens is 1. The Labute approximate surface area is 117 Å². The Balaban J connectivity index is 2.38. The van der Waals surface area contributed by atoms with E-state index in [2.05, 4.69) is 4.98 Å². The van der Waals surface area contributed by atoms with Gasteiger partial charge in [-0.1, -0.05) is 18.2 Å². The maximum atomic E-state index is 11.7. The van der Waals surface area contributed by atoms with Crippen molar-refractivity contribution in [3.63, 3.8) is 0 Å². The van der Waals surface area contributed by atoms with Crippen LogP contribution in [0.2, 0.25) is 0 Å². The van der Waals surface area contributed by atoms with Crippen LogP contribution in [0.25, 0.3) is 0 Å². The van der Waals surface area contributed by atoms with Gasteiger partial charge in [0.05, 0.1) is 17.0 Å². The molecule has 100 valence electrons. The molecule has 0 radical (unpaired) electrons. The average Bonchev–Trinajstić information content (AvgIpc) is 2.48. The number of hydrogen-bond donors (Lipinski definition) is 1. The quantitative estimate of drug-likeness (QED) is 0.922. The first-order chi connectivity index (χ1) is 9.56. The summed E-state index contributed by atoms with van der Waals surface area (Å²) in [6.07, 6.45) is 3.68. The summed E-state index contributed by atoms with van der Waals surface area (Å²) in [6.45, 7) is 1.68. The van der Waals surface area contributed by atoms with Gasteiger partial charge in [0.15, 0.2) is 0 Å². The molecule has 0 spiro atoms. The molecule has 1 heterocycles. The summed E-state index contributed by atoms with van der Waals surface area (Å²) in [5, 5.41) is 18.4. The van der Waals surface area contributed by atoms with Crippen molar-refractivity contribution in [1.82, 2.24) is 4.98 Å². The summed E-state index contributed by atoms with van der Waals surface area (Å²) in [5.74, 6) is -0.897. The van der Waals surface area contributed by atoms with Crippen LogP contribution in [0.3, 0.4) is 0 Å². The SMILES string of the molecule is CC(Cc1cccnc1)(C(=O)O)c1ccc(C#N)cc1. The topological polar surface area (TPSA) is 74.0 Å². The average molecular weight is 266 g/mol. The van der Waals surface area contributed by atoms with Gasteiger partial charge in [0, 0.05) is 12.4 Å². The Hall–Kier alpha value is -2.67. The van der Waals surface area contributed by atoms with E-state index in [1.54, 1.807) is 49.6 Å². The minimum atomic E-state index is -1.04. The number of nitriles is 1. The van der Waals surface area contributed by atoms with Crippen LogP contribution in [0.5, 0.6) is 0 Å². The summed E-state index contributed by atoms with van der Waals surface area (Å²) < 4.78 is 0. The normalized spacial score (nSPS) is 13.2. The van der Waals surface area contributed by atoms with E-state index in [1.807, 2.05) is 12.1 Å². The van der Waals surface area contributed by atoms with Crippen molar-refractivity contribution >= 4 is 5.97 Å². The van der Waals surface area contributed by atoms with Crippen molar-refractivity contribution in [3.05, 3.63) is 65.5 Å². The molecule has 1 aromatic carbocycles. The molecule has 0 aliphatic rings. The molecule has 0 bridgehead atoms. The van der Waals surface area contributed by atoms with Crippen molar-refractivity contribution in [3.8, 4) is 6.07 Å². The van der Waals surface area contributed by atoms with Crippen LogP contribution in [0.1, 0.15) is 23.6 Å². The van der Waals surface area contributed by atoms with Gasteiger partial charge in [0.1, 0.15) is 0 Å². The zero-order chi connectivity index (χ0) is 14.6. The number of benzene rings is 1. The fourth-order valence-electron chi connectivity index (χ4n) is 2.12. The zero-order valence-electron chi connectivity index (χ0n) is 11.1. The van der Waals surface area contributed by atoms with Gasteiger partial charge in [-0.15, -0.1) is 0 Å². The van der Waals surface area contributed by atoms with Gasteiger partial charge in [-0.3, -0.25) is 9.78 Å². The van der Waals surface area contributed by atoms with Crippen LogP contribution in [-0.2, 0) is 16.6 Å². The predicted molar refractivity (Wildman–Crippen MR) is 74.1 cm³/mol. The summed E-state index contributed by atoms with van der Waals surface area (Å²) >= 11 is 0. The van der Waals surface area contributed by atoms with Crippen LogP contribution in [0.4, 0.5) is 0 Å². The fourth-order valence-corrected chi connectivity index (χ4v) is 2.12. The van der Waals surface area contributed by atoms with Crippen molar-refractivity contribution in [2.75, 3.05) is 0 Å². The van der Waals surface area contributed by atoms with Crippen molar-refractivity contribution in [2.45, 2.75) is 18.8 Å². The van der Waals surface area contributed by atoms with Gasteiger partial charge in [0.2, 0.25) is 0 Å². The van der Waals surface area contributed by atoms with Crippen LogP contribution in [0.15, 0.2) is 48.8 Å². The lowest BCUT2D eigenvalue weighted by atomic mass is 9.77. The van der Waals surface area contributed by atoms with Crippen molar-refractivity contribution in [2.24, 2.45) is 0 Å². The van der Waals surface area contributed by atoms with E-state index in [-0.39, 0.29) is 0 Å². The number of rotatable bonds is 4. The number of aliphatic carboxylic acids is 1. The lowest BCUT2D eigenvalue weighted by Crippen LogP contribution is -2.34. The third kappa shape index (κ3) is 2.67. The zero-order valence-corrected chi connectivity index (χ0v) is 11.1. The molecule has 0 aliphatic heterocycles. The fraction of sp³-hybridized carbons (Fsp3) is 0.188. The lowest BCUT2D eigenvalue weighted by Gasteiger charge is -2.25. The molecule has 0 fully saturated rings. The molecule has 0 saturated carbocycles. The second-order valence-electron chi connectivity index (χ2n) is 4.86. The molecule has 0 aliphatic carbocycles. The number of carbonyl (C=O) groups is 1. The number of nitrogens with zero attached hydrogens (tertiary/aromatic N) is 2. The summed E-state index contributed by atoms with van der Waals surface area (Å²) in [5.41, 5.74) is 1.01. The van der Waals surface area contributed by atoms with Crippen LogP contribution in [-0.4, -0.2) is 16.1 Å². The Bertz CT molecular complexity index is 644.